The number of carbonyl (C=O) groups excluding carboxylic acids is 1. The first kappa shape index (κ1) is 24.9. The van der Waals surface area contributed by atoms with Crippen molar-refractivity contribution in [1.29, 1.82) is 0 Å². The van der Waals surface area contributed by atoms with Crippen molar-refractivity contribution in [3.63, 3.8) is 0 Å². The van der Waals surface area contributed by atoms with E-state index in [2.05, 4.69) is 78.8 Å². The number of esters is 1. The molecule has 39 heavy (non-hydrogen) atoms. The van der Waals surface area contributed by atoms with Gasteiger partial charge in [0.1, 0.15) is 11.7 Å². The molecular weight excluding hydrogens is 488 g/mol. The van der Waals surface area contributed by atoms with Crippen molar-refractivity contribution in [3.05, 3.63) is 90.2 Å². The Kier molecular flexibility index (Phi) is 5.64. The SMILES string of the molecule is C=Cc1c2[nH]c(c1C)/C=C1\NC(=C[C@@H]1C)C1=c3[nH]c(c(C)c3=C(O)[C@@H]1C(=O)OC)/C=c1\[nH]/c(c(C)c1CC)=C\2. The van der Waals surface area contributed by atoms with E-state index in [1.165, 1.54) is 18.2 Å². The Hall–Kier alpha value is -4.39. The summed E-state index contributed by atoms with van der Waals surface area (Å²) in [6.07, 6.45) is 11.2. The molecule has 0 saturated carbocycles. The first-order valence-electron chi connectivity index (χ1n) is 13.4. The summed E-state index contributed by atoms with van der Waals surface area (Å²) in [5.74, 6) is -1.31. The zero-order chi connectivity index (χ0) is 27.7. The topological polar surface area (TPSA) is 106 Å². The lowest BCUT2D eigenvalue weighted by molar-refractivity contribution is -0.142. The second-order valence-electron chi connectivity index (χ2n) is 10.7. The lowest BCUT2D eigenvalue weighted by Gasteiger charge is -2.16. The summed E-state index contributed by atoms with van der Waals surface area (Å²) in [6.45, 7) is 14.6. The first-order valence-corrected chi connectivity index (χ1v) is 13.4. The zero-order valence-corrected chi connectivity index (χ0v) is 23.2. The van der Waals surface area contributed by atoms with Gasteiger partial charge in [-0.2, -0.15) is 0 Å². The van der Waals surface area contributed by atoms with E-state index in [0.717, 1.165) is 67.6 Å². The monoisotopic (exact) mass is 522 g/mol. The molecule has 2 aliphatic heterocycles. The average Bonchev–Trinajstić information content (AvgIpc) is 3.66. The minimum Gasteiger partial charge on any atom is -0.510 e. The quantitative estimate of drug-likeness (QED) is 0.341. The van der Waals surface area contributed by atoms with Crippen molar-refractivity contribution in [2.75, 3.05) is 7.11 Å². The number of rotatable bonds is 3. The predicted octanol–water partition coefficient (Wildman–Crippen LogP) is 2.56. The highest BCUT2D eigenvalue weighted by Gasteiger charge is 2.39. The molecule has 1 aliphatic carbocycles. The number of carbonyl (C=O) groups is 1. The molecule has 8 bridgehead atoms. The molecule has 3 aliphatic rings. The number of fused-ring (bicyclic) bond motifs is 8. The number of hydrogen-bond donors (Lipinski definition) is 5. The number of hydrogen-bond acceptors (Lipinski definition) is 4. The first-order chi connectivity index (χ1) is 18.7. The van der Waals surface area contributed by atoms with Gasteiger partial charge in [0.25, 0.3) is 0 Å². The van der Waals surface area contributed by atoms with Gasteiger partial charge in [0.05, 0.1) is 12.5 Å². The molecule has 5 N–H and O–H groups in total. The summed E-state index contributed by atoms with van der Waals surface area (Å²) in [4.78, 5) is 23.8. The molecule has 0 saturated heterocycles. The molecule has 0 fully saturated rings. The van der Waals surface area contributed by atoms with E-state index in [0.29, 0.717) is 10.8 Å². The number of ether oxygens (including phenoxy) is 1. The van der Waals surface area contributed by atoms with E-state index < -0.39 is 11.9 Å². The molecular formula is C32H34N4O3. The number of aromatic nitrogens is 3. The Morgan fingerprint density at radius 3 is 2.44 bits per heavy atom. The lowest BCUT2D eigenvalue weighted by Crippen LogP contribution is -2.26. The maximum Gasteiger partial charge on any atom is 0.321 e. The summed E-state index contributed by atoms with van der Waals surface area (Å²) in [5.41, 5.74) is 10.8. The third-order valence-corrected chi connectivity index (χ3v) is 8.54. The van der Waals surface area contributed by atoms with Crippen LogP contribution in [0.25, 0.3) is 35.6 Å². The highest BCUT2D eigenvalue weighted by Crippen LogP contribution is 2.35. The van der Waals surface area contributed by atoms with Crippen LogP contribution in [-0.2, 0) is 16.0 Å². The van der Waals surface area contributed by atoms with Crippen LogP contribution in [0.5, 0.6) is 0 Å². The van der Waals surface area contributed by atoms with E-state index in [1.807, 2.05) is 13.0 Å². The lowest BCUT2D eigenvalue weighted by atomic mass is 9.97. The molecule has 0 unspecified atom stereocenters. The van der Waals surface area contributed by atoms with Crippen molar-refractivity contribution < 1.29 is 14.6 Å². The normalized spacial score (nSPS) is 22.3. The molecule has 3 aromatic rings. The largest absolute Gasteiger partial charge is 0.510 e. The van der Waals surface area contributed by atoms with Gasteiger partial charge in [-0.3, -0.25) is 4.79 Å². The molecule has 200 valence electrons. The summed E-state index contributed by atoms with van der Waals surface area (Å²) >= 11 is 0. The van der Waals surface area contributed by atoms with Crippen LogP contribution >= 0.6 is 0 Å². The number of nitrogens with one attached hydrogen (secondary N) is 4. The summed E-state index contributed by atoms with van der Waals surface area (Å²) in [5, 5.41) is 18.4. The number of aliphatic hydroxyl groups excluding tert-OH is 1. The van der Waals surface area contributed by atoms with E-state index in [4.69, 9.17) is 4.74 Å². The Labute approximate surface area is 226 Å². The fourth-order valence-corrected chi connectivity index (χ4v) is 6.34. The van der Waals surface area contributed by atoms with Crippen LogP contribution in [0.1, 0.15) is 58.7 Å². The van der Waals surface area contributed by atoms with Crippen molar-refractivity contribution in [2.45, 2.75) is 41.0 Å². The van der Waals surface area contributed by atoms with Crippen LogP contribution in [0, 0.1) is 32.6 Å². The summed E-state index contributed by atoms with van der Waals surface area (Å²) in [6, 6.07) is 0. The molecule has 0 radical (unpaired) electrons. The van der Waals surface area contributed by atoms with Gasteiger partial charge in [-0.05, 0) is 67.7 Å². The van der Waals surface area contributed by atoms with Gasteiger partial charge in [-0.25, -0.2) is 0 Å². The third-order valence-electron chi connectivity index (χ3n) is 8.54. The molecule has 0 amide bonds. The Morgan fingerprint density at radius 2 is 1.74 bits per heavy atom. The number of H-pyrrole nitrogens is 3. The summed E-state index contributed by atoms with van der Waals surface area (Å²) < 4.78 is 5.14. The highest BCUT2D eigenvalue weighted by molar-refractivity contribution is 5.98. The number of allylic oxidation sites excluding steroid dienone is 2. The van der Waals surface area contributed by atoms with Crippen molar-refractivity contribution >= 4 is 41.6 Å². The fourth-order valence-electron chi connectivity index (χ4n) is 6.34. The van der Waals surface area contributed by atoms with Crippen LogP contribution in [0.2, 0.25) is 0 Å². The van der Waals surface area contributed by atoms with Crippen LogP contribution in [0.15, 0.2) is 24.0 Å². The smallest absolute Gasteiger partial charge is 0.321 e. The molecule has 7 heteroatoms. The van der Waals surface area contributed by atoms with Gasteiger partial charge in [0, 0.05) is 61.4 Å². The standard InChI is InChI=1S/C32H34N4O3/c1-8-18-15(4)21-11-20-14(3)10-26(33-20)28-29(32(38)39-7)31(37)27-17(6)23(36-30(27)28)13-25-19(9-2)16(5)22(35-25)12-24(18)34-21/h8,10-14,29,33-37H,1,9H2,2-7H3/b20-11-,22-12-,25-13-/t14-,29+/m0/s1. The van der Waals surface area contributed by atoms with Gasteiger partial charge in [0.2, 0.25) is 0 Å². The van der Waals surface area contributed by atoms with Gasteiger partial charge >= 0.3 is 5.97 Å². The maximum atomic E-state index is 13.0. The summed E-state index contributed by atoms with van der Waals surface area (Å²) in [7, 11) is 1.35. The average molecular weight is 523 g/mol. The second-order valence-corrected chi connectivity index (χ2v) is 10.7. The van der Waals surface area contributed by atoms with E-state index in [1.54, 1.807) is 0 Å². The third kappa shape index (κ3) is 3.52. The molecule has 3 aromatic heterocycles. The van der Waals surface area contributed by atoms with E-state index >= 15 is 0 Å². The Bertz CT molecular complexity index is 1910. The van der Waals surface area contributed by atoms with Gasteiger partial charge < -0.3 is 30.1 Å². The molecule has 6 rings (SSSR count). The molecule has 2 atom stereocenters. The highest BCUT2D eigenvalue weighted by atomic mass is 16.5. The van der Waals surface area contributed by atoms with Crippen LogP contribution in [0.3, 0.4) is 0 Å². The van der Waals surface area contributed by atoms with Gasteiger partial charge in [-0.15, -0.1) is 0 Å². The molecule has 0 aromatic carbocycles. The van der Waals surface area contributed by atoms with Crippen LogP contribution in [-0.4, -0.2) is 33.1 Å². The van der Waals surface area contributed by atoms with Crippen molar-refractivity contribution in [3.8, 4) is 0 Å². The zero-order valence-electron chi connectivity index (χ0n) is 23.2. The van der Waals surface area contributed by atoms with Crippen molar-refractivity contribution in [2.24, 2.45) is 11.8 Å². The number of methoxy groups -OCH3 is 1. The predicted molar refractivity (Wildman–Crippen MR) is 155 cm³/mol. The van der Waals surface area contributed by atoms with Crippen molar-refractivity contribution in [1.82, 2.24) is 20.3 Å². The number of aromatic amines is 3. The fraction of sp³-hybridized carbons (Fsp3) is 0.281. The van der Waals surface area contributed by atoms with Gasteiger partial charge in [0.15, 0.2) is 0 Å². The van der Waals surface area contributed by atoms with Crippen LogP contribution < -0.4 is 26.6 Å². The van der Waals surface area contributed by atoms with Crippen LogP contribution in [0.4, 0.5) is 0 Å². The van der Waals surface area contributed by atoms with E-state index in [-0.39, 0.29) is 11.7 Å². The minimum atomic E-state index is -0.903. The molecule has 0 spiro atoms. The number of aliphatic hydroxyl groups is 1. The van der Waals surface area contributed by atoms with E-state index in [9.17, 15) is 9.90 Å². The molecule has 5 heterocycles. The molecule has 7 nitrogen and oxygen atoms in total. The second kappa shape index (κ2) is 8.83. The Balaban J connectivity index is 1.75. The minimum absolute atomic E-state index is 0.0158. The maximum absolute atomic E-state index is 13.0. The Morgan fingerprint density at radius 1 is 1.03 bits per heavy atom. The van der Waals surface area contributed by atoms with Gasteiger partial charge in [-0.1, -0.05) is 32.6 Å².